The number of nitrogens with zero attached hydrogens (tertiary/aromatic N) is 1. The first-order valence-electron chi connectivity index (χ1n) is 6.94. The van der Waals surface area contributed by atoms with Gasteiger partial charge in [0.25, 0.3) is 0 Å². The van der Waals surface area contributed by atoms with Crippen molar-refractivity contribution < 1.29 is 17.5 Å². The van der Waals surface area contributed by atoms with Gasteiger partial charge in [-0.15, -0.1) is 11.8 Å². The molecule has 0 atom stereocenters. The molecule has 2 aromatic carbocycles. The molecule has 0 aromatic heterocycles. The lowest BCUT2D eigenvalue weighted by molar-refractivity contribution is 0.343. The predicted octanol–water partition coefficient (Wildman–Crippen LogP) is 3.25. The van der Waals surface area contributed by atoms with Crippen molar-refractivity contribution in [2.75, 3.05) is 26.5 Å². The summed E-state index contributed by atoms with van der Waals surface area (Å²) in [5.74, 6) is 0.936. The zero-order valence-electron chi connectivity index (χ0n) is 12.9. The lowest BCUT2D eigenvalue weighted by Crippen LogP contribution is -2.22. The Bertz CT molecular complexity index is 746. The maximum absolute atomic E-state index is 13.4. The van der Waals surface area contributed by atoms with Crippen LogP contribution in [0.15, 0.2) is 58.3 Å². The normalized spacial score (nSPS) is 11.7. The summed E-state index contributed by atoms with van der Waals surface area (Å²) in [7, 11) is -0.456. The quantitative estimate of drug-likeness (QED) is 0.565. The highest BCUT2D eigenvalue weighted by Gasteiger charge is 2.16. The summed E-state index contributed by atoms with van der Waals surface area (Å²) in [6, 6.07) is 12.8. The number of hydrogen-bond donors (Lipinski definition) is 0. The van der Waals surface area contributed by atoms with Gasteiger partial charge in [0, 0.05) is 24.7 Å². The van der Waals surface area contributed by atoms with Crippen LogP contribution in [0.4, 0.5) is 4.39 Å². The van der Waals surface area contributed by atoms with Gasteiger partial charge >= 0.3 is 0 Å². The zero-order chi connectivity index (χ0) is 16.9. The van der Waals surface area contributed by atoms with Gasteiger partial charge in [0.1, 0.15) is 11.6 Å². The van der Waals surface area contributed by atoms with Crippen molar-refractivity contribution in [1.29, 1.82) is 0 Å². The Kier molecular flexibility index (Phi) is 6.04. The average Bonchev–Trinajstić information content (AvgIpc) is 2.53. The van der Waals surface area contributed by atoms with Gasteiger partial charge in [-0.25, -0.2) is 17.1 Å². The van der Waals surface area contributed by atoms with E-state index in [0.29, 0.717) is 23.0 Å². The number of rotatable bonds is 7. The van der Waals surface area contributed by atoms with Crippen LogP contribution >= 0.6 is 11.8 Å². The van der Waals surface area contributed by atoms with Crippen molar-refractivity contribution in [2.45, 2.75) is 9.79 Å². The Morgan fingerprint density at radius 3 is 2.35 bits per heavy atom. The molecule has 0 fully saturated rings. The molecule has 2 rings (SSSR count). The summed E-state index contributed by atoms with van der Waals surface area (Å²) in [5.41, 5.74) is 0. The second-order valence-electron chi connectivity index (χ2n) is 4.89. The lowest BCUT2D eigenvalue weighted by atomic mass is 10.3. The van der Waals surface area contributed by atoms with Crippen LogP contribution in [0.2, 0.25) is 0 Å². The Morgan fingerprint density at radius 2 is 1.74 bits per heavy atom. The largest absolute Gasteiger partial charge is 0.493 e. The number of hydrogen-bond acceptors (Lipinski definition) is 4. The van der Waals surface area contributed by atoms with E-state index in [1.165, 1.54) is 44.1 Å². The van der Waals surface area contributed by atoms with Gasteiger partial charge in [0.05, 0.1) is 11.5 Å². The molecule has 0 radical (unpaired) electrons. The molecule has 2 aromatic rings. The molecule has 0 heterocycles. The van der Waals surface area contributed by atoms with E-state index in [1.807, 2.05) is 0 Å². The fourth-order valence-electron chi connectivity index (χ4n) is 1.79. The van der Waals surface area contributed by atoms with Crippen molar-refractivity contribution in [3.63, 3.8) is 0 Å². The van der Waals surface area contributed by atoms with Crippen LogP contribution in [-0.4, -0.2) is 39.2 Å². The van der Waals surface area contributed by atoms with Crippen LogP contribution in [0.5, 0.6) is 5.75 Å². The molecular weight excluding hydrogens is 337 g/mol. The summed E-state index contributed by atoms with van der Waals surface area (Å²) in [4.78, 5) is 0.805. The van der Waals surface area contributed by atoms with E-state index in [1.54, 1.807) is 30.3 Å². The standard InChI is InChI=1S/C16H18FNO3S2/c1-18(2)23(19,20)14-9-7-13(8-10-14)21-11-12-22-16-6-4-3-5-15(16)17/h3-10H,11-12H2,1-2H3. The first-order valence-corrected chi connectivity index (χ1v) is 9.36. The highest BCUT2D eigenvalue weighted by atomic mass is 32.2. The minimum Gasteiger partial charge on any atom is -0.493 e. The Hall–Kier alpha value is -1.57. The molecule has 0 aliphatic rings. The summed E-state index contributed by atoms with van der Waals surface area (Å²) in [6.07, 6.45) is 0. The third-order valence-electron chi connectivity index (χ3n) is 3.05. The molecule has 0 aliphatic heterocycles. The molecule has 0 bridgehead atoms. The van der Waals surface area contributed by atoms with E-state index in [4.69, 9.17) is 4.74 Å². The molecule has 23 heavy (non-hydrogen) atoms. The van der Waals surface area contributed by atoms with Gasteiger partial charge in [-0.1, -0.05) is 12.1 Å². The minimum absolute atomic E-state index is 0.218. The van der Waals surface area contributed by atoms with Gasteiger partial charge in [0.15, 0.2) is 0 Å². The van der Waals surface area contributed by atoms with Gasteiger partial charge in [-0.05, 0) is 36.4 Å². The van der Waals surface area contributed by atoms with Crippen molar-refractivity contribution in [3.05, 3.63) is 54.3 Å². The smallest absolute Gasteiger partial charge is 0.242 e. The van der Waals surface area contributed by atoms with Crippen LogP contribution in [0.1, 0.15) is 0 Å². The fourth-order valence-corrected chi connectivity index (χ4v) is 3.46. The Morgan fingerprint density at radius 1 is 1.09 bits per heavy atom. The molecule has 0 amide bonds. The first kappa shape index (κ1) is 17.8. The summed E-state index contributed by atoms with van der Waals surface area (Å²) >= 11 is 1.38. The number of halogens is 1. The third kappa shape index (κ3) is 4.70. The van der Waals surface area contributed by atoms with Crippen molar-refractivity contribution in [2.24, 2.45) is 0 Å². The molecule has 0 spiro atoms. The minimum atomic E-state index is -3.43. The highest BCUT2D eigenvalue weighted by Crippen LogP contribution is 2.22. The summed E-state index contributed by atoms with van der Waals surface area (Å²) in [6.45, 7) is 0.402. The van der Waals surface area contributed by atoms with Gasteiger partial charge in [0.2, 0.25) is 10.0 Å². The third-order valence-corrected chi connectivity index (χ3v) is 5.89. The van der Waals surface area contributed by atoms with Crippen LogP contribution in [0, 0.1) is 5.82 Å². The van der Waals surface area contributed by atoms with E-state index in [9.17, 15) is 12.8 Å². The van der Waals surface area contributed by atoms with E-state index in [-0.39, 0.29) is 10.7 Å². The maximum atomic E-state index is 13.4. The number of benzene rings is 2. The van der Waals surface area contributed by atoms with Crippen molar-refractivity contribution >= 4 is 21.8 Å². The molecule has 0 N–H and O–H groups in total. The van der Waals surface area contributed by atoms with E-state index >= 15 is 0 Å². The lowest BCUT2D eigenvalue weighted by Gasteiger charge is -2.12. The Labute approximate surface area is 140 Å². The zero-order valence-corrected chi connectivity index (χ0v) is 14.5. The highest BCUT2D eigenvalue weighted by molar-refractivity contribution is 7.99. The van der Waals surface area contributed by atoms with Crippen LogP contribution in [0.25, 0.3) is 0 Å². The molecule has 0 saturated carbocycles. The molecule has 0 unspecified atom stereocenters. The SMILES string of the molecule is CN(C)S(=O)(=O)c1ccc(OCCSc2ccccc2F)cc1. The Balaban J connectivity index is 1.86. The number of ether oxygens (including phenoxy) is 1. The van der Waals surface area contributed by atoms with Crippen LogP contribution < -0.4 is 4.74 Å². The first-order chi connectivity index (χ1) is 10.9. The van der Waals surface area contributed by atoms with Crippen LogP contribution in [-0.2, 0) is 10.0 Å². The van der Waals surface area contributed by atoms with Gasteiger partial charge in [-0.3, -0.25) is 0 Å². The molecule has 4 nitrogen and oxygen atoms in total. The molecule has 7 heteroatoms. The van der Waals surface area contributed by atoms with Crippen molar-refractivity contribution in [3.8, 4) is 5.75 Å². The van der Waals surface area contributed by atoms with Gasteiger partial charge in [-0.2, -0.15) is 0 Å². The van der Waals surface area contributed by atoms with Crippen LogP contribution in [0.3, 0.4) is 0 Å². The number of sulfonamides is 1. The predicted molar refractivity (Wildman–Crippen MR) is 89.9 cm³/mol. The van der Waals surface area contributed by atoms with E-state index < -0.39 is 10.0 Å². The molecular formula is C16H18FNO3S2. The number of thioether (sulfide) groups is 1. The monoisotopic (exact) mass is 355 g/mol. The molecule has 0 saturated heterocycles. The van der Waals surface area contributed by atoms with E-state index in [2.05, 4.69) is 0 Å². The molecule has 0 aliphatic carbocycles. The van der Waals surface area contributed by atoms with E-state index in [0.717, 1.165) is 4.31 Å². The summed E-state index contributed by atoms with van der Waals surface area (Å²) in [5, 5.41) is 0. The summed E-state index contributed by atoms with van der Waals surface area (Å²) < 4.78 is 44.0. The maximum Gasteiger partial charge on any atom is 0.242 e. The van der Waals surface area contributed by atoms with Gasteiger partial charge < -0.3 is 4.74 Å². The fraction of sp³-hybridized carbons (Fsp3) is 0.250. The second-order valence-corrected chi connectivity index (χ2v) is 8.17. The second kappa shape index (κ2) is 7.81. The average molecular weight is 355 g/mol. The topological polar surface area (TPSA) is 46.6 Å². The van der Waals surface area contributed by atoms with Crippen molar-refractivity contribution in [1.82, 2.24) is 4.31 Å². The molecule has 124 valence electrons.